The monoisotopic (exact) mass is 456 g/mol. The molecular formula is C19H22ClFN4O4S. The third-order valence-electron chi connectivity index (χ3n) is 4.99. The first-order valence-electron chi connectivity index (χ1n) is 9.19. The highest BCUT2D eigenvalue weighted by molar-refractivity contribution is 7.91. The number of nitrogens with zero attached hydrogens (tertiary/aromatic N) is 1. The number of rotatable bonds is 6. The van der Waals surface area contributed by atoms with Gasteiger partial charge in [0.1, 0.15) is 10.7 Å². The molecule has 6 N–H and O–H groups in total. The number of phenols is 1. The normalized spacial score (nSPS) is 16.6. The quantitative estimate of drug-likeness (QED) is 0.525. The first-order chi connectivity index (χ1) is 14.2. The van der Waals surface area contributed by atoms with Crippen LogP contribution >= 0.6 is 11.6 Å². The SMILES string of the molecule is NCc1c(F)cccc1N(C(N)=O)c1ccc(Cl)c(S(=O)(=O)CC2CCNC2)c1O. The smallest absolute Gasteiger partial charge is 0.324 e. The highest BCUT2D eigenvalue weighted by Gasteiger charge is 2.32. The molecule has 2 aromatic carbocycles. The third kappa shape index (κ3) is 4.22. The first kappa shape index (κ1) is 22.3. The molecule has 2 aromatic rings. The zero-order chi connectivity index (χ0) is 22.1. The number of sulfone groups is 1. The van der Waals surface area contributed by atoms with Crippen molar-refractivity contribution >= 4 is 38.8 Å². The van der Waals surface area contributed by atoms with Crippen molar-refractivity contribution in [2.45, 2.75) is 17.9 Å². The Hall–Kier alpha value is -2.40. The summed E-state index contributed by atoms with van der Waals surface area (Å²) in [6.45, 7) is 0.991. The predicted molar refractivity (Wildman–Crippen MR) is 112 cm³/mol. The van der Waals surface area contributed by atoms with Crippen LogP contribution in [0.15, 0.2) is 35.2 Å². The van der Waals surface area contributed by atoms with Crippen LogP contribution in [-0.2, 0) is 16.4 Å². The topological polar surface area (TPSA) is 139 Å². The summed E-state index contributed by atoms with van der Waals surface area (Å²) < 4.78 is 40.2. The Morgan fingerprint density at radius 1 is 1.30 bits per heavy atom. The van der Waals surface area contributed by atoms with Gasteiger partial charge in [0, 0.05) is 12.1 Å². The summed E-state index contributed by atoms with van der Waals surface area (Å²) in [5.74, 6) is -1.76. The number of carbonyl (C=O) groups excluding carboxylic acids is 1. The van der Waals surface area contributed by atoms with Gasteiger partial charge in [0.05, 0.1) is 22.2 Å². The summed E-state index contributed by atoms with van der Waals surface area (Å²) >= 11 is 6.12. The number of phenolic OH excluding ortho intramolecular Hbond substituents is 1. The van der Waals surface area contributed by atoms with Crippen molar-refractivity contribution < 1.29 is 22.7 Å². The Bertz CT molecular complexity index is 1070. The molecule has 0 aliphatic carbocycles. The molecule has 1 atom stereocenters. The van der Waals surface area contributed by atoms with Crippen LogP contribution in [0.25, 0.3) is 0 Å². The largest absolute Gasteiger partial charge is 0.504 e. The second-order valence-corrected chi connectivity index (χ2v) is 9.38. The lowest BCUT2D eigenvalue weighted by Gasteiger charge is -2.25. The Labute approximate surface area is 178 Å². The number of nitrogens with one attached hydrogen (secondary N) is 1. The van der Waals surface area contributed by atoms with Crippen molar-refractivity contribution in [1.29, 1.82) is 0 Å². The molecule has 2 amide bonds. The fraction of sp³-hybridized carbons (Fsp3) is 0.316. The maximum atomic E-state index is 14.2. The minimum Gasteiger partial charge on any atom is -0.504 e. The molecule has 30 heavy (non-hydrogen) atoms. The lowest BCUT2D eigenvalue weighted by Crippen LogP contribution is -2.33. The van der Waals surface area contributed by atoms with Gasteiger partial charge in [-0.2, -0.15) is 0 Å². The van der Waals surface area contributed by atoms with Gasteiger partial charge in [0.25, 0.3) is 0 Å². The Balaban J connectivity index is 2.15. The van der Waals surface area contributed by atoms with E-state index in [0.29, 0.717) is 19.5 Å². The summed E-state index contributed by atoms with van der Waals surface area (Å²) in [4.78, 5) is 12.6. The average Bonchev–Trinajstić information content (AvgIpc) is 3.15. The summed E-state index contributed by atoms with van der Waals surface area (Å²) in [6, 6.07) is 5.33. The van der Waals surface area contributed by atoms with Gasteiger partial charge in [-0.15, -0.1) is 0 Å². The van der Waals surface area contributed by atoms with Gasteiger partial charge < -0.3 is 21.9 Å². The molecule has 1 aliphatic rings. The van der Waals surface area contributed by atoms with Gasteiger partial charge in [0.15, 0.2) is 15.6 Å². The number of benzene rings is 2. The zero-order valence-corrected chi connectivity index (χ0v) is 17.5. The van der Waals surface area contributed by atoms with Crippen LogP contribution in [0.3, 0.4) is 0 Å². The molecule has 162 valence electrons. The van der Waals surface area contributed by atoms with Crippen LogP contribution in [0, 0.1) is 11.7 Å². The number of halogens is 2. The minimum atomic E-state index is -3.99. The highest BCUT2D eigenvalue weighted by atomic mass is 35.5. The lowest BCUT2D eigenvalue weighted by molar-refractivity contribution is 0.255. The third-order valence-corrected chi connectivity index (χ3v) is 7.36. The molecule has 0 saturated carbocycles. The number of carbonyl (C=O) groups is 1. The minimum absolute atomic E-state index is 0.00837. The van der Waals surface area contributed by atoms with E-state index in [1.165, 1.54) is 24.3 Å². The van der Waals surface area contributed by atoms with Gasteiger partial charge in [-0.1, -0.05) is 17.7 Å². The Morgan fingerprint density at radius 2 is 2.03 bits per heavy atom. The summed E-state index contributed by atoms with van der Waals surface area (Å²) in [5, 5.41) is 13.7. The number of aromatic hydroxyl groups is 1. The molecule has 8 nitrogen and oxygen atoms in total. The molecule has 0 radical (unpaired) electrons. The molecule has 1 aliphatic heterocycles. The van der Waals surface area contributed by atoms with Crippen molar-refractivity contribution in [3.8, 4) is 5.75 Å². The maximum Gasteiger partial charge on any atom is 0.324 e. The summed E-state index contributed by atoms with van der Waals surface area (Å²) in [7, 11) is -3.99. The second kappa shape index (κ2) is 8.76. The number of hydrogen-bond donors (Lipinski definition) is 4. The Kier molecular flexibility index (Phi) is 6.51. The van der Waals surface area contributed by atoms with Crippen molar-refractivity contribution in [1.82, 2.24) is 5.32 Å². The highest BCUT2D eigenvalue weighted by Crippen LogP contribution is 2.43. The second-order valence-electron chi connectivity index (χ2n) is 7.00. The molecule has 0 aromatic heterocycles. The molecule has 11 heteroatoms. The molecule has 1 heterocycles. The maximum absolute atomic E-state index is 14.2. The van der Waals surface area contributed by atoms with E-state index < -0.39 is 32.3 Å². The average molecular weight is 457 g/mol. The summed E-state index contributed by atoms with van der Waals surface area (Å²) in [6.07, 6.45) is 0.674. The van der Waals surface area contributed by atoms with Crippen molar-refractivity contribution in [2.75, 3.05) is 23.7 Å². The van der Waals surface area contributed by atoms with Gasteiger partial charge in [-0.3, -0.25) is 4.90 Å². The van der Waals surface area contributed by atoms with E-state index in [4.69, 9.17) is 23.1 Å². The van der Waals surface area contributed by atoms with Gasteiger partial charge in [-0.25, -0.2) is 17.6 Å². The molecule has 0 spiro atoms. The molecular weight excluding hydrogens is 435 g/mol. The van der Waals surface area contributed by atoms with Crippen molar-refractivity contribution in [3.05, 3.63) is 46.7 Å². The molecule has 3 rings (SSSR count). The van der Waals surface area contributed by atoms with Crippen molar-refractivity contribution in [2.24, 2.45) is 17.4 Å². The zero-order valence-electron chi connectivity index (χ0n) is 15.9. The standard InChI is InChI=1S/C19H22ClFN4O4S/c20-13-4-5-16(17(26)18(13)30(28,29)10-11-6-7-24-9-11)25(19(23)27)15-3-1-2-14(21)12(15)8-22/h1-5,11,24,26H,6-10,22H2,(H2,23,27). The van der Waals surface area contributed by atoms with Crippen LogP contribution in [0.2, 0.25) is 5.02 Å². The van der Waals surface area contributed by atoms with E-state index in [1.54, 1.807) is 0 Å². The van der Waals surface area contributed by atoms with Crippen LogP contribution in [0.5, 0.6) is 5.75 Å². The van der Waals surface area contributed by atoms with Crippen LogP contribution < -0.4 is 21.7 Å². The van der Waals surface area contributed by atoms with E-state index in [9.17, 15) is 22.7 Å². The number of hydrogen-bond acceptors (Lipinski definition) is 6. The number of anilines is 2. The molecule has 1 unspecified atom stereocenters. The van der Waals surface area contributed by atoms with Crippen LogP contribution in [-0.4, -0.2) is 38.4 Å². The molecule has 0 bridgehead atoms. The summed E-state index contributed by atoms with van der Waals surface area (Å²) in [5.41, 5.74) is 10.8. The van der Waals surface area contributed by atoms with Gasteiger partial charge >= 0.3 is 6.03 Å². The molecule has 1 fully saturated rings. The fourth-order valence-corrected chi connectivity index (χ4v) is 5.93. The van der Waals surface area contributed by atoms with E-state index in [2.05, 4.69) is 5.32 Å². The van der Waals surface area contributed by atoms with E-state index in [1.807, 2.05) is 0 Å². The van der Waals surface area contributed by atoms with E-state index >= 15 is 0 Å². The van der Waals surface area contributed by atoms with Gasteiger partial charge in [-0.05, 0) is 49.7 Å². The number of amides is 2. The van der Waals surface area contributed by atoms with Crippen molar-refractivity contribution in [3.63, 3.8) is 0 Å². The number of nitrogens with two attached hydrogens (primary N) is 2. The van der Waals surface area contributed by atoms with E-state index in [0.717, 1.165) is 11.0 Å². The van der Waals surface area contributed by atoms with Crippen LogP contribution in [0.1, 0.15) is 12.0 Å². The van der Waals surface area contributed by atoms with E-state index in [-0.39, 0.29) is 40.2 Å². The molecule has 1 saturated heterocycles. The van der Waals surface area contributed by atoms with Gasteiger partial charge in [0.2, 0.25) is 0 Å². The fourth-order valence-electron chi connectivity index (χ4n) is 3.59. The Morgan fingerprint density at radius 3 is 2.63 bits per heavy atom. The number of urea groups is 1. The number of primary amides is 1. The lowest BCUT2D eigenvalue weighted by atomic mass is 10.1. The first-order valence-corrected chi connectivity index (χ1v) is 11.2. The van der Waals surface area contributed by atoms with Crippen LogP contribution in [0.4, 0.5) is 20.6 Å². The predicted octanol–water partition coefficient (Wildman–Crippen LogP) is 2.24.